The molecule has 1 aromatic carbocycles. The Morgan fingerprint density at radius 3 is 2.76 bits per heavy atom. The zero-order valence-electron chi connectivity index (χ0n) is 10.0. The Morgan fingerprint density at radius 2 is 2.06 bits per heavy atom. The molecule has 0 aliphatic carbocycles. The zero-order chi connectivity index (χ0) is 12.4. The van der Waals surface area contributed by atoms with Crippen LogP contribution in [0.15, 0.2) is 34.7 Å². The van der Waals surface area contributed by atoms with E-state index in [9.17, 15) is 0 Å². The summed E-state index contributed by atoms with van der Waals surface area (Å²) in [6.07, 6.45) is 0.863. The van der Waals surface area contributed by atoms with Crippen LogP contribution in [-0.4, -0.2) is 0 Å². The summed E-state index contributed by atoms with van der Waals surface area (Å²) < 4.78 is 5.77. The normalized spacial score (nSPS) is 12.7. The van der Waals surface area contributed by atoms with Crippen LogP contribution in [0.2, 0.25) is 5.02 Å². The molecule has 1 heterocycles. The molecule has 17 heavy (non-hydrogen) atoms. The third-order valence-electron chi connectivity index (χ3n) is 2.90. The van der Waals surface area contributed by atoms with E-state index in [4.69, 9.17) is 21.8 Å². The van der Waals surface area contributed by atoms with Crippen molar-refractivity contribution < 1.29 is 4.42 Å². The molecule has 0 saturated heterocycles. The Morgan fingerprint density at radius 1 is 1.29 bits per heavy atom. The van der Waals surface area contributed by atoms with Gasteiger partial charge >= 0.3 is 0 Å². The molecular weight excluding hydrogens is 234 g/mol. The molecule has 0 aliphatic rings. The van der Waals surface area contributed by atoms with Crippen molar-refractivity contribution in [3.63, 3.8) is 0 Å². The van der Waals surface area contributed by atoms with Crippen molar-refractivity contribution in [3.05, 3.63) is 46.7 Å². The Labute approximate surface area is 106 Å². The lowest BCUT2D eigenvalue weighted by atomic mass is 10.1. The number of aryl methyl sites for hydroxylation is 1. The van der Waals surface area contributed by atoms with Gasteiger partial charge in [-0.2, -0.15) is 0 Å². The molecule has 0 aliphatic heterocycles. The number of halogens is 1. The van der Waals surface area contributed by atoms with Crippen LogP contribution < -0.4 is 5.73 Å². The van der Waals surface area contributed by atoms with Gasteiger partial charge in [-0.3, -0.25) is 0 Å². The molecule has 2 rings (SSSR count). The average Bonchev–Trinajstić information content (AvgIpc) is 2.80. The van der Waals surface area contributed by atoms with E-state index < -0.39 is 0 Å². The first-order chi connectivity index (χ1) is 8.11. The van der Waals surface area contributed by atoms with Gasteiger partial charge in [0.05, 0.1) is 6.04 Å². The van der Waals surface area contributed by atoms with E-state index in [-0.39, 0.29) is 6.04 Å². The largest absolute Gasteiger partial charge is 0.459 e. The van der Waals surface area contributed by atoms with Crippen molar-refractivity contribution in [3.8, 4) is 11.3 Å². The predicted molar refractivity (Wildman–Crippen MR) is 71.1 cm³/mol. The highest BCUT2D eigenvalue weighted by molar-refractivity contribution is 6.30. The molecule has 0 amide bonds. The van der Waals surface area contributed by atoms with Crippen LogP contribution in [-0.2, 0) is 0 Å². The maximum Gasteiger partial charge on any atom is 0.134 e. The fourth-order valence-corrected chi connectivity index (χ4v) is 1.93. The summed E-state index contributed by atoms with van der Waals surface area (Å²) in [4.78, 5) is 0. The standard InChI is InChI=1S/C14H16ClNO/c1-3-12(16)14-7-6-13(17-14)11-8-10(15)5-4-9(11)2/h4-8,12H,3,16H2,1-2H3. The molecule has 0 spiro atoms. The molecule has 1 unspecified atom stereocenters. The van der Waals surface area contributed by atoms with Gasteiger partial charge in [0, 0.05) is 10.6 Å². The number of hydrogen-bond donors (Lipinski definition) is 1. The minimum absolute atomic E-state index is 0.0387. The highest BCUT2D eigenvalue weighted by Gasteiger charge is 2.11. The number of furan rings is 1. The van der Waals surface area contributed by atoms with E-state index in [1.807, 2.05) is 44.2 Å². The molecular formula is C14H16ClNO. The van der Waals surface area contributed by atoms with Crippen molar-refractivity contribution in [1.29, 1.82) is 0 Å². The van der Waals surface area contributed by atoms with Gasteiger partial charge in [-0.25, -0.2) is 0 Å². The third kappa shape index (κ3) is 2.54. The summed E-state index contributed by atoms with van der Waals surface area (Å²) in [7, 11) is 0. The lowest BCUT2D eigenvalue weighted by molar-refractivity contribution is 0.470. The van der Waals surface area contributed by atoms with Crippen molar-refractivity contribution in [2.45, 2.75) is 26.3 Å². The molecule has 0 fully saturated rings. The highest BCUT2D eigenvalue weighted by atomic mass is 35.5. The molecule has 1 atom stereocenters. The van der Waals surface area contributed by atoms with Crippen LogP contribution in [0.5, 0.6) is 0 Å². The van der Waals surface area contributed by atoms with E-state index in [0.29, 0.717) is 5.02 Å². The minimum Gasteiger partial charge on any atom is -0.459 e. The molecule has 2 aromatic rings. The molecule has 90 valence electrons. The van der Waals surface area contributed by atoms with Crippen molar-refractivity contribution >= 4 is 11.6 Å². The minimum atomic E-state index is -0.0387. The van der Waals surface area contributed by atoms with E-state index in [0.717, 1.165) is 29.1 Å². The second-order valence-electron chi connectivity index (χ2n) is 4.18. The molecule has 0 radical (unpaired) electrons. The summed E-state index contributed by atoms with van der Waals surface area (Å²) >= 11 is 6.00. The van der Waals surface area contributed by atoms with E-state index in [2.05, 4.69) is 0 Å². The van der Waals surface area contributed by atoms with Crippen LogP contribution in [0.25, 0.3) is 11.3 Å². The molecule has 2 nitrogen and oxygen atoms in total. The van der Waals surface area contributed by atoms with Gasteiger partial charge in [0.1, 0.15) is 11.5 Å². The van der Waals surface area contributed by atoms with Gasteiger partial charge in [0.2, 0.25) is 0 Å². The molecule has 0 bridgehead atoms. The lowest BCUT2D eigenvalue weighted by Gasteiger charge is -2.05. The van der Waals surface area contributed by atoms with Crippen LogP contribution >= 0.6 is 11.6 Å². The first kappa shape index (κ1) is 12.2. The monoisotopic (exact) mass is 249 g/mol. The van der Waals surface area contributed by atoms with E-state index in [1.165, 1.54) is 0 Å². The first-order valence-corrected chi connectivity index (χ1v) is 6.11. The van der Waals surface area contributed by atoms with Gasteiger partial charge in [0.25, 0.3) is 0 Å². The second kappa shape index (κ2) is 4.94. The lowest BCUT2D eigenvalue weighted by Crippen LogP contribution is -2.06. The van der Waals surface area contributed by atoms with Gasteiger partial charge in [0.15, 0.2) is 0 Å². The quantitative estimate of drug-likeness (QED) is 0.880. The Bertz CT molecular complexity index is 519. The van der Waals surface area contributed by atoms with Crippen molar-refractivity contribution in [1.82, 2.24) is 0 Å². The maximum absolute atomic E-state index is 6.00. The highest BCUT2D eigenvalue weighted by Crippen LogP contribution is 2.30. The topological polar surface area (TPSA) is 39.2 Å². The Balaban J connectivity index is 2.40. The van der Waals surface area contributed by atoms with Gasteiger partial charge < -0.3 is 10.2 Å². The Hall–Kier alpha value is -1.25. The van der Waals surface area contributed by atoms with Crippen LogP contribution in [0, 0.1) is 6.92 Å². The summed E-state index contributed by atoms with van der Waals surface area (Å²) in [6.45, 7) is 4.07. The molecule has 3 heteroatoms. The summed E-state index contributed by atoms with van der Waals surface area (Å²) in [5.74, 6) is 1.64. The van der Waals surface area contributed by atoms with Gasteiger partial charge in [-0.05, 0) is 43.2 Å². The van der Waals surface area contributed by atoms with Crippen LogP contribution in [0.1, 0.15) is 30.7 Å². The zero-order valence-corrected chi connectivity index (χ0v) is 10.8. The fraction of sp³-hybridized carbons (Fsp3) is 0.286. The number of nitrogens with two attached hydrogens (primary N) is 1. The number of benzene rings is 1. The summed E-state index contributed by atoms with van der Waals surface area (Å²) in [6, 6.07) is 9.62. The Kier molecular flexibility index (Phi) is 3.55. The van der Waals surface area contributed by atoms with Crippen molar-refractivity contribution in [2.75, 3.05) is 0 Å². The van der Waals surface area contributed by atoms with Gasteiger partial charge in [-0.1, -0.05) is 24.6 Å². The third-order valence-corrected chi connectivity index (χ3v) is 3.13. The van der Waals surface area contributed by atoms with E-state index >= 15 is 0 Å². The predicted octanol–water partition coefficient (Wildman–Crippen LogP) is 4.32. The number of rotatable bonds is 3. The molecule has 2 N–H and O–H groups in total. The second-order valence-corrected chi connectivity index (χ2v) is 4.61. The van der Waals surface area contributed by atoms with E-state index in [1.54, 1.807) is 0 Å². The van der Waals surface area contributed by atoms with Gasteiger partial charge in [-0.15, -0.1) is 0 Å². The van der Waals surface area contributed by atoms with Crippen molar-refractivity contribution in [2.24, 2.45) is 5.73 Å². The molecule has 0 saturated carbocycles. The average molecular weight is 250 g/mol. The smallest absolute Gasteiger partial charge is 0.134 e. The SMILES string of the molecule is CCC(N)c1ccc(-c2cc(Cl)ccc2C)o1. The number of hydrogen-bond acceptors (Lipinski definition) is 2. The fourth-order valence-electron chi connectivity index (χ4n) is 1.76. The summed E-state index contributed by atoms with van der Waals surface area (Å²) in [5, 5.41) is 0.711. The molecule has 1 aromatic heterocycles. The van der Waals surface area contributed by atoms with Crippen LogP contribution in [0.3, 0.4) is 0 Å². The summed E-state index contributed by atoms with van der Waals surface area (Å²) in [5.41, 5.74) is 8.09. The maximum atomic E-state index is 6.00. The first-order valence-electron chi connectivity index (χ1n) is 5.73. The van der Waals surface area contributed by atoms with Crippen LogP contribution in [0.4, 0.5) is 0 Å².